The highest BCUT2D eigenvalue weighted by Crippen LogP contribution is 2.30. The van der Waals surface area contributed by atoms with Crippen molar-refractivity contribution in [3.8, 4) is 0 Å². The Morgan fingerprint density at radius 1 is 1.07 bits per heavy atom. The van der Waals surface area contributed by atoms with E-state index in [0.717, 1.165) is 15.6 Å². The number of pyridine rings is 1. The van der Waals surface area contributed by atoms with E-state index < -0.39 is 0 Å². The number of para-hydroxylation sites is 1. The first-order valence-electron chi connectivity index (χ1n) is 8.72. The van der Waals surface area contributed by atoms with Gasteiger partial charge in [-0.15, -0.1) is 0 Å². The smallest absolute Gasteiger partial charge is 0.252 e. The molecule has 134 valence electrons. The highest BCUT2D eigenvalue weighted by atomic mass is 79.9. The van der Waals surface area contributed by atoms with E-state index in [-0.39, 0.29) is 11.8 Å². The van der Waals surface area contributed by atoms with Gasteiger partial charge in [-0.1, -0.05) is 48.5 Å². The van der Waals surface area contributed by atoms with Crippen molar-refractivity contribution in [3.05, 3.63) is 100 Å². The molecule has 4 rings (SSSR count). The fourth-order valence-corrected chi connectivity index (χ4v) is 3.67. The Hall–Kier alpha value is -2.92. The molecule has 0 fully saturated rings. The van der Waals surface area contributed by atoms with Crippen molar-refractivity contribution in [2.75, 3.05) is 6.54 Å². The maximum atomic E-state index is 12.6. The molecule has 27 heavy (non-hydrogen) atoms. The molecule has 1 unspecified atom stereocenters. The molecule has 2 heterocycles. The molecule has 2 aromatic carbocycles. The van der Waals surface area contributed by atoms with Crippen LogP contribution in [0.25, 0.3) is 10.9 Å². The zero-order chi connectivity index (χ0) is 18.6. The number of nitrogens with zero attached hydrogens (tertiary/aromatic N) is 1. The number of aromatic amines is 1. The van der Waals surface area contributed by atoms with Crippen molar-refractivity contribution in [3.63, 3.8) is 0 Å². The number of hydrogen-bond acceptors (Lipinski definition) is 2. The first-order chi connectivity index (χ1) is 13.2. The van der Waals surface area contributed by atoms with Crippen LogP contribution in [-0.4, -0.2) is 22.4 Å². The van der Waals surface area contributed by atoms with Gasteiger partial charge in [0.05, 0.1) is 5.56 Å². The molecule has 4 nitrogen and oxygen atoms in total. The molecule has 2 aromatic heterocycles. The molecule has 5 heteroatoms. The fraction of sp³-hybridized carbons (Fsp3) is 0.0909. The standard InChI is InChI=1S/C22H18BrN3O/c23-17-10-16(11-24-12-17)22(27)26-13-19(15-6-2-1-3-7-15)20-14-25-21-9-5-4-8-18(20)21/h1-12,14,19,25H,13H2,(H,26,27). The molecule has 0 bridgehead atoms. The predicted molar refractivity (Wildman–Crippen MR) is 111 cm³/mol. The molecular weight excluding hydrogens is 402 g/mol. The van der Waals surface area contributed by atoms with Crippen LogP contribution in [0.4, 0.5) is 0 Å². The van der Waals surface area contributed by atoms with Gasteiger partial charge in [0.1, 0.15) is 0 Å². The maximum Gasteiger partial charge on any atom is 0.252 e. The van der Waals surface area contributed by atoms with E-state index in [1.165, 1.54) is 10.9 Å². The van der Waals surface area contributed by atoms with E-state index >= 15 is 0 Å². The topological polar surface area (TPSA) is 57.8 Å². The van der Waals surface area contributed by atoms with Gasteiger partial charge in [-0.25, -0.2) is 0 Å². The number of nitrogens with one attached hydrogen (secondary N) is 2. The minimum Gasteiger partial charge on any atom is -0.361 e. The van der Waals surface area contributed by atoms with Crippen LogP contribution < -0.4 is 5.32 Å². The zero-order valence-electron chi connectivity index (χ0n) is 14.5. The fourth-order valence-electron chi connectivity index (χ4n) is 3.31. The number of amides is 1. The van der Waals surface area contributed by atoms with E-state index in [2.05, 4.69) is 55.5 Å². The summed E-state index contributed by atoms with van der Waals surface area (Å²) in [7, 11) is 0. The molecule has 0 aliphatic rings. The summed E-state index contributed by atoms with van der Waals surface area (Å²) < 4.78 is 0.784. The molecule has 0 saturated heterocycles. The lowest BCUT2D eigenvalue weighted by Crippen LogP contribution is -2.29. The maximum absolute atomic E-state index is 12.6. The Kier molecular flexibility index (Phi) is 5.03. The van der Waals surface area contributed by atoms with Crippen LogP contribution in [0.2, 0.25) is 0 Å². The van der Waals surface area contributed by atoms with Crippen LogP contribution in [0.15, 0.2) is 83.7 Å². The van der Waals surface area contributed by atoms with E-state index in [9.17, 15) is 4.79 Å². The summed E-state index contributed by atoms with van der Waals surface area (Å²) in [5.74, 6) is -0.0871. The molecule has 2 N–H and O–H groups in total. The Bertz CT molecular complexity index is 1080. The summed E-state index contributed by atoms with van der Waals surface area (Å²) in [6, 6.07) is 20.2. The van der Waals surface area contributed by atoms with Crippen molar-refractivity contribution in [1.82, 2.24) is 15.3 Å². The normalized spacial score (nSPS) is 12.0. The van der Waals surface area contributed by atoms with E-state index in [1.807, 2.05) is 36.5 Å². The second kappa shape index (κ2) is 7.76. The van der Waals surface area contributed by atoms with Gasteiger partial charge in [-0.2, -0.15) is 0 Å². The molecule has 4 aromatic rings. The number of carbonyl (C=O) groups is 1. The first kappa shape index (κ1) is 17.5. The Morgan fingerprint density at radius 2 is 1.85 bits per heavy atom. The van der Waals surface area contributed by atoms with Crippen LogP contribution in [0.3, 0.4) is 0 Å². The number of hydrogen-bond donors (Lipinski definition) is 2. The van der Waals surface area contributed by atoms with Crippen LogP contribution in [0.5, 0.6) is 0 Å². The van der Waals surface area contributed by atoms with Crippen LogP contribution in [0.1, 0.15) is 27.4 Å². The summed E-state index contributed by atoms with van der Waals surface area (Å²) in [6.07, 6.45) is 5.27. The number of fused-ring (bicyclic) bond motifs is 1. The minimum absolute atomic E-state index is 0.0476. The third kappa shape index (κ3) is 3.78. The molecule has 0 radical (unpaired) electrons. The predicted octanol–water partition coefficient (Wildman–Crippen LogP) is 4.89. The van der Waals surface area contributed by atoms with Crippen LogP contribution >= 0.6 is 15.9 Å². The minimum atomic E-state index is -0.135. The molecule has 0 saturated carbocycles. The monoisotopic (exact) mass is 419 g/mol. The largest absolute Gasteiger partial charge is 0.361 e. The van der Waals surface area contributed by atoms with Crippen LogP contribution in [-0.2, 0) is 0 Å². The van der Waals surface area contributed by atoms with Crippen molar-refractivity contribution < 1.29 is 4.79 Å². The van der Waals surface area contributed by atoms with Gasteiger partial charge in [0.15, 0.2) is 0 Å². The van der Waals surface area contributed by atoms with Crippen LogP contribution in [0, 0.1) is 0 Å². The third-order valence-electron chi connectivity index (χ3n) is 4.63. The summed E-state index contributed by atoms with van der Waals surface area (Å²) >= 11 is 3.36. The van der Waals surface area contributed by atoms with Gasteiger partial charge < -0.3 is 10.3 Å². The number of benzene rings is 2. The van der Waals surface area contributed by atoms with Crippen molar-refractivity contribution >= 4 is 32.7 Å². The Morgan fingerprint density at radius 3 is 2.67 bits per heavy atom. The van der Waals surface area contributed by atoms with Crippen molar-refractivity contribution in [1.29, 1.82) is 0 Å². The first-order valence-corrected chi connectivity index (χ1v) is 9.51. The quantitative estimate of drug-likeness (QED) is 0.483. The van der Waals surface area contributed by atoms with Gasteiger partial charge in [0.2, 0.25) is 0 Å². The summed E-state index contributed by atoms with van der Waals surface area (Å²) in [5.41, 5.74) is 3.96. The van der Waals surface area contributed by atoms with Gasteiger partial charge in [0, 0.05) is 46.4 Å². The Balaban J connectivity index is 1.64. The third-order valence-corrected chi connectivity index (χ3v) is 5.07. The summed E-state index contributed by atoms with van der Waals surface area (Å²) in [4.78, 5) is 20.0. The lowest BCUT2D eigenvalue weighted by atomic mass is 9.91. The molecule has 0 spiro atoms. The van der Waals surface area contributed by atoms with Gasteiger partial charge in [0.25, 0.3) is 5.91 Å². The van der Waals surface area contributed by atoms with E-state index in [1.54, 1.807) is 18.5 Å². The molecular formula is C22H18BrN3O. The SMILES string of the molecule is O=C(NCC(c1ccccc1)c1c[nH]c2ccccc12)c1cncc(Br)c1. The average molecular weight is 420 g/mol. The van der Waals surface area contributed by atoms with E-state index in [0.29, 0.717) is 12.1 Å². The van der Waals surface area contributed by atoms with Gasteiger partial charge >= 0.3 is 0 Å². The number of carbonyl (C=O) groups excluding carboxylic acids is 1. The molecule has 0 aliphatic heterocycles. The molecule has 1 atom stereocenters. The highest BCUT2D eigenvalue weighted by Gasteiger charge is 2.19. The summed E-state index contributed by atoms with van der Waals surface area (Å²) in [6.45, 7) is 0.497. The second-order valence-electron chi connectivity index (χ2n) is 6.35. The molecule has 1 amide bonds. The number of aromatic nitrogens is 2. The zero-order valence-corrected chi connectivity index (χ0v) is 16.1. The van der Waals surface area contributed by atoms with Crippen molar-refractivity contribution in [2.24, 2.45) is 0 Å². The van der Waals surface area contributed by atoms with Crippen molar-refractivity contribution in [2.45, 2.75) is 5.92 Å². The van der Waals surface area contributed by atoms with Gasteiger partial charge in [-0.05, 0) is 39.2 Å². The Labute approximate surface area is 165 Å². The van der Waals surface area contributed by atoms with Gasteiger partial charge in [-0.3, -0.25) is 9.78 Å². The molecule has 0 aliphatic carbocycles. The average Bonchev–Trinajstić information content (AvgIpc) is 3.13. The lowest BCUT2D eigenvalue weighted by molar-refractivity contribution is 0.0952. The number of rotatable bonds is 5. The second-order valence-corrected chi connectivity index (χ2v) is 7.27. The lowest BCUT2D eigenvalue weighted by Gasteiger charge is -2.18. The summed E-state index contributed by atoms with van der Waals surface area (Å²) in [5, 5.41) is 4.24. The number of H-pyrrole nitrogens is 1. The number of halogens is 1. The van der Waals surface area contributed by atoms with E-state index in [4.69, 9.17) is 0 Å². The highest BCUT2D eigenvalue weighted by molar-refractivity contribution is 9.10.